The minimum absolute atomic E-state index is 0.0209. The van der Waals surface area contributed by atoms with Crippen molar-refractivity contribution in [1.29, 1.82) is 0 Å². The van der Waals surface area contributed by atoms with Crippen LogP contribution < -0.4 is 16.4 Å². The Morgan fingerprint density at radius 1 is 1.20 bits per heavy atom. The fourth-order valence-electron chi connectivity index (χ4n) is 4.52. The summed E-state index contributed by atoms with van der Waals surface area (Å²) in [5, 5.41) is 11.9. The Morgan fingerprint density at radius 3 is 2.68 bits per heavy atom. The monoisotopic (exact) mass is 587 g/mol. The number of nitrogen functional groups attached to an aromatic ring is 1. The maximum Gasteiger partial charge on any atom is 0.435 e. The SMILES string of the molecule is C[C@H]1CNCCN1C(=O)c1ccc(CNC(=O)c2ncc(-c3c(C(F)(F)F)n[nH]c3-c3ccc(N)cn3)[nH]2)cc1Cl. The first-order valence-corrected chi connectivity index (χ1v) is 12.9. The van der Waals surface area contributed by atoms with Crippen LogP contribution in [0.15, 0.2) is 42.7 Å². The molecule has 1 aliphatic heterocycles. The van der Waals surface area contributed by atoms with Gasteiger partial charge in [-0.25, -0.2) is 4.98 Å². The first-order chi connectivity index (χ1) is 19.5. The summed E-state index contributed by atoms with van der Waals surface area (Å²) < 4.78 is 41.3. The van der Waals surface area contributed by atoms with E-state index < -0.39 is 17.8 Å². The molecule has 1 aromatic carbocycles. The summed E-state index contributed by atoms with van der Waals surface area (Å²) in [4.78, 5) is 38.2. The number of anilines is 1. The number of halogens is 4. The average Bonchev–Trinajstić information content (AvgIpc) is 3.60. The molecule has 0 saturated carbocycles. The molecule has 0 spiro atoms. The molecule has 0 unspecified atom stereocenters. The van der Waals surface area contributed by atoms with Crippen molar-refractivity contribution in [2.45, 2.75) is 25.7 Å². The minimum Gasteiger partial charge on any atom is -0.397 e. The van der Waals surface area contributed by atoms with E-state index in [9.17, 15) is 22.8 Å². The van der Waals surface area contributed by atoms with Gasteiger partial charge in [0.05, 0.1) is 51.3 Å². The van der Waals surface area contributed by atoms with E-state index in [-0.39, 0.29) is 52.0 Å². The summed E-state index contributed by atoms with van der Waals surface area (Å²) in [6.07, 6.45) is -2.37. The molecule has 214 valence electrons. The van der Waals surface area contributed by atoms with Gasteiger partial charge < -0.3 is 26.3 Å². The van der Waals surface area contributed by atoms with Crippen LogP contribution in [0.2, 0.25) is 5.02 Å². The number of rotatable bonds is 6. The topological polar surface area (TPSA) is 158 Å². The Kier molecular flexibility index (Phi) is 7.69. The third-order valence-electron chi connectivity index (χ3n) is 6.62. The fourth-order valence-corrected chi connectivity index (χ4v) is 4.80. The number of carbonyl (C=O) groups excluding carboxylic acids is 2. The molecule has 1 fully saturated rings. The van der Waals surface area contributed by atoms with Crippen molar-refractivity contribution < 1.29 is 22.8 Å². The lowest BCUT2D eigenvalue weighted by Gasteiger charge is -2.34. The molecule has 5 rings (SSSR count). The summed E-state index contributed by atoms with van der Waals surface area (Å²) >= 11 is 6.40. The molecule has 3 aromatic heterocycles. The Balaban J connectivity index is 1.32. The quantitative estimate of drug-likeness (QED) is 0.231. The van der Waals surface area contributed by atoms with Crippen LogP contribution in [0, 0.1) is 0 Å². The van der Waals surface area contributed by atoms with Gasteiger partial charge in [-0.2, -0.15) is 18.3 Å². The van der Waals surface area contributed by atoms with Gasteiger partial charge in [0.15, 0.2) is 11.5 Å². The lowest BCUT2D eigenvalue weighted by atomic mass is 10.1. The van der Waals surface area contributed by atoms with Gasteiger partial charge in [-0.05, 0) is 36.8 Å². The fraction of sp³-hybridized carbons (Fsp3) is 0.269. The number of nitrogens with one attached hydrogen (secondary N) is 4. The number of nitrogens with zero attached hydrogens (tertiary/aromatic N) is 4. The number of piperazine rings is 1. The highest BCUT2D eigenvalue weighted by atomic mass is 35.5. The maximum absolute atomic E-state index is 13.8. The molecule has 0 radical (unpaired) electrons. The molecule has 6 N–H and O–H groups in total. The zero-order valence-corrected chi connectivity index (χ0v) is 22.4. The standard InChI is InChI=1S/C26H25ClF3N9O2/c1-13-9-32-6-7-39(13)25(41)16-4-2-14(8-17(16)27)10-35-24(40)23-34-12-19(36-23)20-21(18-5-3-15(31)11-33-18)37-38-22(20)26(28,29)30/h2-5,8,11-13,32H,6-7,9-10,31H2,1H3,(H,34,36)(H,35,40)(H,37,38)/t13-/m0/s1. The Bertz CT molecular complexity index is 1580. The van der Waals surface area contributed by atoms with Crippen LogP contribution in [0.3, 0.4) is 0 Å². The first-order valence-electron chi connectivity index (χ1n) is 12.5. The Hall–Kier alpha value is -4.43. The Labute approximate surface area is 236 Å². The molecular formula is C26H25ClF3N9O2. The molecule has 1 aliphatic rings. The van der Waals surface area contributed by atoms with E-state index in [1.54, 1.807) is 23.1 Å². The number of aromatic amines is 2. The molecule has 4 aromatic rings. The van der Waals surface area contributed by atoms with Crippen LogP contribution in [0.5, 0.6) is 0 Å². The second-order valence-electron chi connectivity index (χ2n) is 9.49. The number of alkyl halides is 3. The lowest BCUT2D eigenvalue weighted by Crippen LogP contribution is -2.52. The highest BCUT2D eigenvalue weighted by molar-refractivity contribution is 6.33. The number of benzene rings is 1. The third kappa shape index (κ3) is 5.88. The highest BCUT2D eigenvalue weighted by Crippen LogP contribution is 2.40. The molecule has 0 aliphatic carbocycles. The van der Waals surface area contributed by atoms with Crippen LogP contribution in [0.25, 0.3) is 22.6 Å². The molecule has 1 atom stereocenters. The van der Waals surface area contributed by atoms with Gasteiger partial charge in [-0.15, -0.1) is 0 Å². The van der Waals surface area contributed by atoms with E-state index in [1.165, 1.54) is 18.3 Å². The zero-order valence-electron chi connectivity index (χ0n) is 21.6. The Morgan fingerprint density at radius 2 is 2.00 bits per heavy atom. The number of pyridine rings is 1. The van der Waals surface area contributed by atoms with E-state index in [0.29, 0.717) is 36.4 Å². The normalized spacial score (nSPS) is 15.6. The van der Waals surface area contributed by atoms with E-state index in [0.717, 1.165) is 6.20 Å². The largest absolute Gasteiger partial charge is 0.435 e. The van der Waals surface area contributed by atoms with Crippen molar-refractivity contribution in [3.8, 4) is 22.6 Å². The maximum atomic E-state index is 13.8. The summed E-state index contributed by atoms with van der Waals surface area (Å²) in [7, 11) is 0. The van der Waals surface area contributed by atoms with Gasteiger partial charge in [-0.3, -0.25) is 19.7 Å². The second kappa shape index (κ2) is 11.2. The molecule has 15 heteroatoms. The molecular weight excluding hydrogens is 563 g/mol. The van der Waals surface area contributed by atoms with Crippen LogP contribution in [-0.4, -0.2) is 67.5 Å². The van der Waals surface area contributed by atoms with Gasteiger partial charge in [0.25, 0.3) is 11.8 Å². The van der Waals surface area contributed by atoms with Gasteiger partial charge in [0.2, 0.25) is 0 Å². The average molecular weight is 588 g/mol. The number of imidazole rings is 1. The van der Waals surface area contributed by atoms with Crippen LogP contribution >= 0.6 is 11.6 Å². The summed E-state index contributed by atoms with van der Waals surface area (Å²) in [6, 6.07) is 7.83. The van der Waals surface area contributed by atoms with Crippen molar-refractivity contribution in [1.82, 2.24) is 40.7 Å². The van der Waals surface area contributed by atoms with E-state index in [1.807, 2.05) is 6.92 Å². The number of hydrogen-bond acceptors (Lipinski definition) is 7. The minimum atomic E-state index is -4.79. The molecule has 2 amide bonds. The summed E-state index contributed by atoms with van der Waals surface area (Å²) in [5.74, 6) is -1.05. The molecule has 11 nitrogen and oxygen atoms in total. The van der Waals surface area contributed by atoms with Gasteiger partial charge in [0.1, 0.15) is 0 Å². The van der Waals surface area contributed by atoms with E-state index >= 15 is 0 Å². The molecule has 1 saturated heterocycles. The smallest absolute Gasteiger partial charge is 0.397 e. The van der Waals surface area contributed by atoms with E-state index in [4.69, 9.17) is 17.3 Å². The molecule has 0 bridgehead atoms. The van der Waals surface area contributed by atoms with Gasteiger partial charge in [-0.1, -0.05) is 17.7 Å². The predicted octanol–water partition coefficient (Wildman–Crippen LogP) is 3.48. The number of aromatic nitrogens is 5. The van der Waals surface area contributed by atoms with Gasteiger partial charge in [0, 0.05) is 32.2 Å². The van der Waals surface area contributed by atoms with Crippen molar-refractivity contribution >= 4 is 29.1 Å². The summed E-state index contributed by atoms with van der Waals surface area (Å²) in [6.45, 7) is 3.95. The van der Waals surface area contributed by atoms with Crippen LogP contribution in [-0.2, 0) is 12.7 Å². The molecule has 41 heavy (non-hydrogen) atoms. The van der Waals surface area contributed by atoms with E-state index in [2.05, 4.69) is 35.8 Å². The van der Waals surface area contributed by atoms with Crippen molar-refractivity contribution in [2.75, 3.05) is 25.4 Å². The number of hydrogen-bond donors (Lipinski definition) is 5. The number of carbonyl (C=O) groups is 2. The van der Waals surface area contributed by atoms with Crippen LogP contribution in [0.1, 0.15) is 39.2 Å². The van der Waals surface area contributed by atoms with Crippen LogP contribution in [0.4, 0.5) is 18.9 Å². The summed E-state index contributed by atoms with van der Waals surface area (Å²) in [5.41, 5.74) is 5.49. The van der Waals surface area contributed by atoms with Gasteiger partial charge >= 0.3 is 6.18 Å². The lowest BCUT2D eigenvalue weighted by molar-refractivity contribution is -0.140. The number of nitrogens with two attached hydrogens (primary N) is 1. The number of amides is 2. The second-order valence-corrected chi connectivity index (χ2v) is 9.90. The third-order valence-corrected chi connectivity index (χ3v) is 6.93. The van der Waals surface area contributed by atoms with Crippen molar-refractivity contribution in [3.05, 3.63) is 70.4 Å². The zero-order chi connectivity index (χ0) is 29.3. The predicted molar refractivity (Wildman–Crippen MR) is 145 cm³/mol. The molecule has 4 heterocycles. The van der Waals surface area contributed by atoms with Crippen molar-refractivity contribution in [2.24, 2.45) is 0 Å². The highest BCUT2D eigenvalue weighted by Gasteiger charge is 2.39. The first kappa shape index (κ1) is 28.1. The number of H-pyrrole nitrogens is 2. The van der Waals surface area contributed by atoms with Crippen molar-refractivity contribution in [3.63, 3.8) is 0 Å².